The Morgan fingerprint density at radius 1 is 1.18 bits per heavy atom. The third-order valence-corrected chi connectivity index (χ3v) is 6.90. The van der Waals surface area contributed by atoms with Crippen LogP contribution in [0.25, 0.3) is 0 Å². The van der Waals surface area contributed by atoms with Gasteiger partial charge in [0.05, 0.1) is 35.7 Å². The van der Waals surface area contributed by atoms with Crippen molar-refractivity contribution in [3.63, 3.8) is 0 Å². The Kier molecular flexibility index (Phi) is 6.78. The first-order valence-corrected chi connectivity index (χ1v) is 11.5. The second kappa shape index (κ2) is 9.61. The van der Waals surface area contributed by atoms with E-state index in [-0.39, 0.29) is 31.1 Å². The molecule has 1 fully saturated rings. The summed E-state index contributed by atoms with van der Waals surface area (Å²) in [7, 11) is 0. The van der Waals surface area contributed by atoms with Gasteiger partial charge in [0.2, 0.25) is 5.91 Å². The van der Waals surface area contributed by atoms with Crippen LogP contribution in [-0.4, -0.2) is 61.3 Å². The maximum absolute atomic E-state index is 12.9. The number of alkyl halides is 3. The summed E-state index contributed by atoms with van der Waals surface area (Å²) < 4.78 is 38.3. The molecule has 1 saturated heterocycles. The Bertz CT molecular complexity index is 1090. The number of carbonyl (C=O) groups is 2. The molecule has 0 radical (unpaired) electrons. The van der Waals surface area contributed by atoms with E-state index in [1.54, 1.807) is 17.3 Å². The third-order valence-electron chi connectivity index (χ3n) is 5.50. The number of nitrogens with one attached hydrogen (secondary N) is 1. The number of carbonyl (C=O) groups excluding carboxylic acids is 2. The van der Waals surface area contributed by atoms with Gasteiger partial charge in [-0.25, -0.2) is 4.79 Å². The molecule has 1 N–H and O–H groups in total. The number of halogens is 3. The van der Waals surface area contributed by atoms with E-state index in [1.807, 2.05) is 13.8 Å². The fraction of sp³-hybridized carbons (Fsp3) is 0.409. The van der Waals surface area contributed by atoms with Gasteiger partial charge < -0.3 is 10.2 Å². The molecule has 0 spiro atoms. The van der Waals surface area contributed by atoms with Crippen LogP contribution in [0.15, 0.2) is 41.7 Å². The van der Waals surface area contributed by atoms with Crippen molar-refractivity contribution in [1.82, 2.24) is 25.1 Å². The minimum Gasteiger partial charge on any atom is -0.349 e. The first-order chi connectivity index (χ1) is 16.1. The van der Waals surface area contributed by atoms with Crippen LogP contribution in [-0.2, 0) is 24.1 Å². The van der Waals surface area contributed by atoms with Crippen LogP contribution in [0, 0.1) is 6.92 Å². The van der Waals surface area contributed by atoms with Gasteiger partial charge in [-0.05, 0) is 31.5 Å². The molecule has 4 rings (SSSR count). The standard InChI is InChI=1S/C22H23F3N6O2S/c1-13-9-27-17(10-26-13)11-28-19(32)18-14(2)29-20(34-18)31-8-7-30(21(31)33)12-15-3-5-16(6-4-15)22(23,24)25/h3-6,9-10,14,18H,7-8,11-12H2,1-2H3,(H,28,32). The number of urea groups is 1. The number of thioether (sulfide) groups is 1. The highest BCUT2D eigenvalue weighted by Gasteiger charge is 2.40. The van der Waals surface area contributed by atoms with E-state index in [0.717, 1.165) is 17.8 Å². The maximum Gasteiger partial charge on any atom is 0.416 e. The lowest BCUT2D eigenvalue weighted by molar-refractivity contribution is -0.137. The zero-order chi connectivity index (χ0) is 24.5. The number of amidine groups is 1. The summed E-state index contributed by atoms with van der Waals surface area (Å²) in [6.07, 6.45) is -1.16. The highest BCUT2D eigenvalue weighted by molar-refractivity contribution is 8.15. The molecule has 1 aromatic heterocycles. The van der Waals surface area contributed by atoms with Gasteiger partial charge in [-0.15, -0.1) is 0 Å². The van der Waals surface area contributed by atoms with Crippen molar-refractivity contribution in [3.05, 3.63) is 59.2 Å². The van der Waals surface area contributed by atoms with Gasteiger partial charge in [0.1, 0.15) is 5.25 Å². The van der Waals surface area contributed by atoms with Crippen LogP contribution in [0.5, 0.6) is 0 Å². The van der Waals surface area contributed by atoms with E-state index < -0.39 is 17.0 Å². The molecule has 0 saturated carbocycles. The predicted molar refractivity (Wildman–Crippen MR) is 121 cm³/mol. The maximum atomic E-state index is 12.9. The smallest absolute Gasteiger partial charge is 0.349 e. The molecule has 2 atom stereocenters. The number of benzene rings is 1. The van der Waals surface area contributed by atoms with Crippen molar-refractivity contribution in [2.75, 3.05) is 13.1 Å². The van der Waals surface area contributed by atoms with Gasteiger partial charge >= 0.3 is 12.2 Å². The van der Waals surface area contributed by atoms with Crippen LogP contribution < -0.4 is 5.32 Å². The number of rotatable bonds is 5. The molecule has 2 unspecified atom stereocenters. The predicted octanol–water partition coefficient (Wildman–Crippen LogP) is 3.22. The van der Waals surface area contributed by atoms with E-state index in [1.165, 1.54) is 28.8 Å². The molecule has 0 aliphatic carbocycles. The van der Waals surface area contributed by atoms with Crippen LogP contribution >= 0.6 is 11.8 Å². The van der Waals surface area contributed by atoms with Crippen molar-refractivity contribution in [2.45, 2.75) is 44.4 Å². The third kappa shape index (κ3) is 5.32. The van der Waals surface area contributed by atoms with Crippen molar-refractivity contribution >= 4 is 28.9 Å². The van der Waals surface area contributed by atoms with Gasteiger partial charge in [-0.3, -0.25) is 24.7 Å². The average molecular weight is 493 g/mol. The molecule has 3 heterocycles. The Balaban J connectivity index is 1.32. The fourth-order valence-electron chi connectivity index (χ4n) is 3.61. The Labute approximate surface area is 198 Å². The molecular formula is C22H23F3N6O2S. The second-order valence-electron chi connectivity index (χ2n) is 8.11. The molecule has 1 aromatic carbocycles. The number of nitrogens with zero attached hydrogens (tertiary/aromatic N) is 5. The monoisotopic (exact) mass is 492 g/mol. The van der Waals surface area contributed by atoms with Gasteiger partial charge in [0, 0.05) is 25.8 Å². The summed E-state index contributed by atoms with van der Waals surface area (Å²) in [6.45, 7) is 4.89. The first-order valence-electron chi connectivity index (χ1n) is 10.6. The average Bonchev–Trinajstić information content (AvgIpc) is 3.35. The first kappa shape index (κ1) is 24.0. The molecule has 2 aliphatic rings. The van der Waals surface area contributed by atoms with Gasteiger partial charge in [-0.1, -0.05) is 23.9 Å². The van der Waals surface area contributed by atoms with Gasteiger partial charge in [-0.2, -0.15) is 13.2 Å². The summed E-state index contributed by atoms with van der Waals surface area (Å²) in [5, 5.41) is 2.83. The molecule has 8 nitrogen and oxygen atoms in total. The quantitative estimate of drug-likeness (QED) is 0.692. The van der Waals surface area contributed by atoms with Gasteiger partial charge in [0.25, 0.3) is 0 Å². The molecule has 34 heavy (non-hydrogen) atoms. The van der Waals surface area contributed by atoms with E-state index in [4.69, 9.17) is 0 Å². The largest absolute Gasteiger partial charge is 0.416 e. The normalized spacial score (nSPS) is 20.6. The highest BCUT2D eigenvalue weighted by Crippen LogP contribution is 2.32. The Morgan fingerprint density at radius 2 is 1.91 bits per heavy atom. The number of amides is 3. The van der Waals surface area contributed by atoms with Crippen molar-refractivity contribution < 1.29 is 22.8 Å². The summed E-state index contributed by atoms with van der Waals surface area (Å²) in [4.78, 5) is 41.6. The zero-order valence-electron chi connectivity index (χ0n) is 18.5. The van der Waals surface area contributed by atoms with Crippen molar-refractivity contribution in [3.8, 4) is 0 Å². The lowest BCUT2D eigenvalue weighted by atomic mass is 10.1. The van der Waals surface area contributed by atoms with Crippen LogP contribution in [0.1, 0.15) is 29.4 Å². The van der Waals surface area contributed by atoms with E-state index >= 15 is 0 Å². The number of hydrogen-bond acceptors (Lipinski definition) is 6. The minimum absolute atomic E-state index is 0.197. The van der Waals surface area contributed by atoms with Crippen molar-refractivity contribution in [2.24, 2.45) is 4.99 Å². The molecule has 2 aliphatic heterocycles. The summed E-state index contributed by atoms with van der Waals surface area (Å²) >= 11 is 1.23. The highest BCUT2D eigenvalue weighted by atomic mass is 32.2. The lowest BCUT2D eigenvalue weighted by Gasteiger charge is -2.19. The summed E-state index contributed by atoms with van der Waals surface area (Å²) in [5.74, 6) is -0.202. The topological polar surface area (TPSA) is 90.8 Å². The van der Waals surface area contributed by atoms with E-state index in [2.05, 4.69) is 20.3 Å². The number of hydrogen-bond donors (Lipinski definition) is 1. The number of aromatic nitrogens is 2. The molecule has 0 bridgehead atoms. The Hall–Kier alpha value is -3.15. The van der Waals surface area contributed by atoms with Crippen molar-refractivity contribution in [1.29, 1.82) is 0 Å². The van der Waals surface area contributed by atoms with Crippen LogP contribution in [0.2, 0.25) is 0 Å². The number of aryl methyl sites for hydroxylation is 1. The molecule has 3 amide bonds. The fourth-order valence-corrected chi connectivity index (χ4v) is 4.80. The Morgan fingerprint density at radius 3 is 2.56 bits per heavy atom. The molecule has 180 valence electrons. The SMILES string of the molecule is Cc1cnc(CNC(=O)C2SC(N3CCN(Cc4ccc(C(F)(F)F)cc4)C3=O)=NC2C)cn1. The van der Waals surface area contributed by atoms with Gasteiger partial charge in [0.15, 0.2) is 5.17 Å². The zero-order valence-corrected chi connectivity index (χ0v) is 19.4. The summed E-state index contributed by atoms with van der Waals surface area (Å²) in [6, 6.07) is 4.17. The molecule has 12 heteroatoms. The van der Waals surface area contributed by atoms with Crippen LogP contribution in [0.3, 0.4) is 0 Å². The number of aliphatic imine (C=N–C) groups is 1. The van der Waals surface area contributed by atoms with E-state index in [9.17, 15) is 22.8 Å². The van der Waals surface area contributed by atoms with E-state index in [0.29, 0.717) is 29.5 Å². The molecule has 2 aromatic rings. The molecular weight excluding hydrogens is 469 g/mol. The van der Waals surface area contributed by atoms with Crippen LogP contribution in [0.4, 0.5) is 18.0 Å². The lowest BCUT2D eigenvalue weighted by Crippen LogP contribution is -2.37. The minimum atomic E-state index is -4.40. The second-order valence-corrected chi connectivity index (χ2v) is 9.22. The summed E-state index contributed by atoms with van der Waals surface area (Å²) in [5.41, 5.74) is 1.31.